The lowest BCUT2D eigenvalue weighted by molar-refractivity contribution is -0.134. The van der Waals surface area contributed by atoms with E-state index in [2.05, 4.69) is 31.2 Å². The van der Waals surface area contributed by atoms with E-state index in [9.17, 15) is 19.2 Å². The van der Waals surface area contributed by atoms with Crippen LogP contribution in [0.1, 0.15) is 60.6 Å². The molecule has 0 spiro atoms. The molecule has 0 aliphatic heterocycles. The Morgan fingerprint density at radius 1 is 0.853 bits per heavy atom. The van der Waals surface area contributed by atoms with Crippen LogP contribution in [0.25, 0.3) is 0 Å². The molecule has 5 N–H and O–H groups in total. The van der Waals surface area contributed by atoms with Gasteiger partial charge in [-0.05, 0) is 38.1 Å². The molecule has 1 heterocycles. The molecule has 0 aliphatic carbocycles. The maximum absolute atomic E-state index is 13.3. The van der Waals surface area contributed by atoms with E-state index >= 15 is 0 Å². The van der Waals surface area contributed by atoms with E-state index in [1.54, 1.807) is 13.2 Å². The zero-order chi connectivity index (χ0) is 26.0. The van der Waals surface area contributed by atoms with Gasteiger partial charge in [0.15, 0.2) is 5.78 Å². The number of nitrogens with zero attached hydrogens (tertiary/aromatic N) is 1. The summed E-state index contributed by atoms with van der Waals surface area (Å²) < 4.78 is 0. The van der Waals surface area contributed by atoms with Crippen molar-refractivity contribution in [2.45, 2.75) is 85.5 Å². The predicted molar refractivity (Wildman–Crippen MR) is 131 cm³/mol. The Morgan fingerprint density at radius 3 is 1.85 bits per heavy atom. The Bertz CT molecular complexity index is 806. The van der Waals surface area contributed by atoms with Gasteiger partial charge in [0.25, 0.3) is 0 Å². The van der Waals surface area contributed by atoms with Gasteiger partial charge in [0.05, 0.1) is 18.4 Å². The van der Waals surface area contributed by atoms with Crippen molar-refractivity contribution in [1.29, 1.82) is 0 Å². The first-order chi connectivity index (χ1) is 15.9. The molecule has 10 nitrogen and oxygen atoms in total. The standard InChI is InChI=1S/C24H42N6O4/c1-13(2)9-18(23(33)30-20(14(3)4)16(7)31)28-22(32)19(10-17-11-26-12-27-17)29-24(34)21(25-8)15(5)6/h11-15,18-21,25H,9-10H2,1-8H3,(H,26,27)(H,28,32)(H,29,34)(H,30,33). The van der Waals surface area contributed by atoms with E-state index in [0.29, 0.717) is 12.1 Å². The van der Waals surface area contributed by atoms with Gasteiger partial charge in [-0.3, -0.25) is 19.2 Å². The van der Waals surface area contributed by atoms with E-state index in [1.165, 1.54) is 13.3 Å². The molecule has 1 aromatic heterocycles. The van der Waals surface area contributed by atoms with Crippen LogP contribution < -0.4 is 21.3 Å². The molecule has 0 bridgehead atoms. The molecule has 4 atom stereocenters. The molecular formula is C24H42N6O4. The minimum atomic E-state index is -0.918. The highest BCUT2D eigenvalue weighted by molar-refractivity contribution is 5.95. The predicted octanol–water partition coefficient (Wildman–Crippen LogP) is 0.942. The zero-order valence-corrected chi connectivity index (χ0v) is 21.7. The van der Waals surface area contributed by atoms with Crippen molar-refractivity contribution in [2.75, 3.05) is 7.05 Å². The monoisotopic (exact) mass is 478 g/mol. The smallest absolute Gasteiger partial charge is 0.243 e. The van der Waals surface area contributed by atoms with Crippen LogP contribution in [0.2, 0.25) is 0 Å². The van der Waals surface area contributed by atoms with Gasteiger partial charge < -0.3 is 26.3 Å². The van der Waals surface area contributed by atoms with Crippen LogP contribution in [-0.2, 0) is 25.6 Å². The first-order valence-electron chi connectivity index (χ1n) is 11.9. The van der Waals surface area contributed by atoms with Gasteiger partial charge >= 0.3 is 0 Å². The molecule has 1 aromatic rings. The number of Topliss-reactive ketones (excluding diaryl/α,β-unsaturated/α-hetero) is 1. The summed E-state index contributed by atoms with van der Waals surface area (Å²) in [6.45, 7) is 12.9. The highest BCUT2D eigenvalue weighted by atomic mass is 16.2. The van der Waals surface area contributed by atoms with Gasteiger partial charge in [-0.1, -0.05) is 41.5 Å². The Hall–Kier alpha value is -2.75. The molecule has 0 saturated heterocycles. The van der Waals surface area contributed by atoms with Crippen LogP contribution in [0.3, 0.4) is 0 Å². The number of imidazole rings is 1. The van der Waals surface area contributed by atoms with Gasteiger partial charge in [-0.25, -0.2) is 4.98 Å². The van der Waals surface area contributed by atoms with E-state index in [0.717, 1.165) is 0 Å². The molecule has 0 aromatic carbocycles. The number of aromatic nitrogens is 2. The van der Waals surface area contributed by atoms with Gasteiger partial charge in [0.2, 0.25) is 17.7 Å². The molecule has 34 heavy (non-hydrogen) atoms. The summed E-state index contributed by atoms with van der Waals surface area (Å²) in [5, 5.41) is 11.4. The zero-order valence-electron chi connectivity index (χ0n) is 21.7. The lowest BCUT2D eigenvalue weighted by Gasteiger charge is -2.28. The topological polar surface area (TPSA) is 145 Å². The number of hydrogen-bond acceptors (Lipinski definition) is 6. The number of amides is 3. The molecule has 10 heteroatoms. The first kappa shape index (κ1) is 29.3. The van der Waals surface area contributed by atoms with Crippen LogP contribution in [0, 0.1) is 17.8 Å². The van der Waals surface area contributed by atoms with Crippen molar-refractivity contribution in [2.24, 2.45) is 17.8 Å². The second-order valence-electron chi connectivity index (χ2n) is 9.88. The lowest BCUT2D eigenvalue weighted by Crippen LogP contribution is -2.58. The Morgan fingerprint density at radius 2 is 1.41 bits per heavy atom. The van der Waals surface area contributed by atoms with E-state index in [-0.39, 0.29) is 35.9 Å². The number of rotatable bonds is 14. The summed E-state index contributed by atoms with van der Waals surface area (Å²) in [6.07, 6.45) is 3.66. The fourth-order valence-electron chi connectivity index (χ4n) is 3.82. The number of aromatic amines is 1. The number of likely N-dealkylation sites (N-methyl/N-ethyl adjacent to an activating group) is 1. The second-order valence-corrected chi connectivity index (χ2v) is 9.88. The van der Waals surface area contributed by atoms with Gasteiger partial charge in [-0.15, -0.1) is 0 Å². The lowest BCUT2D eigenvalue weighted by atomic mass is 9.98. The summed E-state index contributed by atoms with van der Waals surface area (Å²) in [5.41, 5.74) is 0.673. The molecule has 1 rings (SSSR count). The minimum Gasteiger partial charge on any atom is -0.348 e. The van der Waals surface area contributed by atoms with Crippen molar-refractivity contribution in [3.8, 4) is 0 Å². The summed E-state index contributed by atoms with van der Waals surface area (Å²) in [4.78, 5) is 58.1. The molecule has 4 unspecified atom stereocenters. The molecule has 3 amide bonds. The highest BCUT2D eigenvalue weighted by Crippen LogP contribution is 2.10. The largest absolute Gasteiger partial charge is 0.348 e. The van der Waals surface area contributed by atoms with Crippen LogP contribution in [0.5, 0.6) is 0 Å². The van der Waals surface area contributed by atoms with E-state index < -0.39 is 36.0 Å². The molecule has 192 valence electrons. The normalized spacial score (nSPS) is 15.0. The van der Waals surface area contributed by atoms with E-state index in [1.807, 2.05) is 41.5 Å². The van der Waals surface area contributed by atoms with Crippen molar-refractivity contribution in [3.63, 3.8) is 0 Å². The maximum atomic E-state index is 13.3. The van der Waals surface area contributed by atoms with Gasteiger partial charge in [0, 0.05) is 18.3 Å². The number of carbonyl (C=O) groups excluding carboxylic acids is 4. The number of nitrogens with one attached hydrogen (secondary N) is 5. The second kappa shape index (κ2) is 13.8. The highest BCUT2D eigenvalue weighted by Gasteiger charge is 2.32. The fourth-order valence-corrected chi connectivity index (χ4v) is 3.82. The number of hydrogen-bond donors (Lipinski definition) is 5. The first-order valence-corrected chi connectivity index (χ1v) is 11.9. The van der Waals surface area contributed by atoms with Crippen molar-refractivity contribution >= 4 is 23.5 Å². The summed E-state index contributed by atoms with van der Waals surface area (Å²) in [7, 11) is 1.69. The van der Waals surface area contributed by atoms with Gasteiger partial charge in [-0.2, -0.15) is 0 Å². The maximum Gasteiger partial charge on any atom is 0.243 e. The quantitative estimate of drug-likeness (QED) is 0.269. The average molecular weight is 479 g/mol. The molecule has 0 fully saturated rings. The summed E-state index contributed by atoms with van der Waals surface area (Å²) in [5.74, 6) is -1.31. The third-order valence-corrected chi connectivity index (χ3v) is 5.61. The van der Waals surface area contributed by atoms with Gasteiger partial charge in [0.1, 0.15) is 12.1 Å². The minimum absolute atomic E-state index is 0.0138. The van der Waals surface area contributed by atoms with Crippen LogP contribution >= 0.6 is 0 Å². The summed E-state index contributed by atoms with van der Waals surface area (Å²) in [6, 6.07) is -2.88. The Labute approximate surface area is 202 Å². The number of ketones is 1. The Kier molecular flexibility index (Phi) is 11.9. The van der Waals surface area contributed by atoms with Crippen molar-refractivity contribution in [3.05, 3.63) is 18.2 Å². The molecule has 0 radical (unpaired) electrons. The Balaban J connectivity index is 3.10. The van der Waals surface area contributed by atoms with E-state index in [4.69, 9.17) is 0 Å². The van der Waals surface area contributed by atoms with Crippen LogP contribution in [0.4, 0.5) is 0 Å². The SMILES string of the molecule is CNC(C(=O)NC(Cc1cnc[nH]1)C(=O)NC(CC(C)C)C(=O)NC(C(C)=O)C(C)C)C(C)C. The third-order valence-electron chi connectivity index (χ3n) is 5.61. The van der Waals surface area contributed by atoms with Crippen molar-refractivity contribution in [1.82, 2.24) is 31.2 Å². The van der Waals surface area contributed by atoms with Crippen LogP contribution in [-0.4, -0.2) is 64.7 Å². The van der Waals surface area contributed by atoms with Crippen molar-refractivity contribution < 1.29 is 19.2 Å². The average Bonchev–Trinajstić information content (AvgIpc) is 3.23. The van der Waals surface area contributed by atoms with Crippen LogP contribution in [0.15, 0.2) is 12.5 Å². The fraction of sp³-hybridized carbons (Fsp3) is 0.708. The molecule has 0 aliphatic rings. The number of H-pyrrole nitrogens is 1. The molecular weight excluding hydrogens is 436 g/mol. The molecule has 0 saturated carbocycles. The summed E-state index contributed by atoms with van der Waals surface area (Å²) >= 11 is 0. The number of carbonyl (C=O) groups is 4. The third kappa shape index (κ3) is 9.24.